The Balaban J connectivity index is 1.31. The molecule has 7 fully saturated rings. The highest BCUT2D eigenvalue weighted by Gasteiger charge is 2.56. The Morgan fingerprint density at radius 1 is 0.617 bits per heavy atom. The van der Waals surface area contributed by atoms with E-state index in [1.165, 1.54) is 78.2 Å². The van der Waals surface area contributed by atoms with Crippen molar-refractivity contribution in [1.29, 1.82) is 0 Å². The molecule has 606 valence electrons. The number of carbonyl (C=O) groups excluding carboxylic acids is 12. The fraction of sp³-hybridized carbons (Fsp3) is 0.836. The lowest BCUT2D eigenvalue weighted by Gasteiger charge is -2.46. The SMILES string of the molecule is CCO[C@@H]1C[C@H]2C(=O)NC3(CCC3)C(=O)N(C)[C@@H](C3CCCC3)C(=O)N(C)[C@H](C(=O)N(C)C)CC(=O)N(C)[C@@H](CCOC)C(=O)N[C@@H]([C@@H](C)CC)C(=O)N(C)CC(=O)N(C)[C@H]3CCCCN(C3=O)[C@@H](CC3CCC(C(F)(F)F)CC3)C(=O)N(C)CC(=O)N[C@@H](CCC3CC(F)C(C(F)(F)F)C(F)C3)C(=O)N2C1. The summed E-state index contributed by atoms with van der Waals surface area (Å²) in [6.07, 6.45) is -16.2. The number of carbonyl (C=O) groups is 12. The van der Waals surface area contributed by atoms with E-state index in [0.29, 0.717) is 44.9 Å². The Kier molecular flexibility index (Phi) is 30.7. The van der Waals surface area contributed by atoms with Gasteiger partial charge in [-0.2, -0.15) is 26.3 Å². The molecule has 3 aliphatic heterocycles. The van der Waals surface area contributed by atoms with E-state index in [1.807, 2.05) is 0 Å². The van der Waals surface area contributed by atoms with Crippen molar-refractivity contribution >= 4 is 70.9 Å². The summed E-state index contributed by atoms with van der Waals surface area (Å²) in [6, 6.07) is -11.4. The minimum Gasteiger partial charge on any atom is -0.385 e. The van der Waals surface area contributed by atoms with Crippen LogP contribution in [-0.2, 0) is 67.0 Å². The van der Waals surface area contributed by atoms with E-state index < -0.39 is 230 Å². The number of nitrogens with one attached hydrogen (secondary N) is 3. The first-order valence-electron chi connectivity index (χ1n) is 38.0. The first-order valence-corrected chi connectivity index (χ1v) is 38.0. The Hall–Kier alpha value is -7.00. The third-order valence-electron chi connectivity index (χ3n) is 23.9. The topological polar surface area (TPSA) is 289 Å². The predicted octanol–water partition coefficient (Wildman–Crippen LogP) is 5.18. The average Bonchev–Trinajstić information content (AvgIpc) is 1.68. The Bertz CT molecular complexity index is 3140. The number of alkyl halides is 8. The summed E-state index contributed by atoms with van der Waals surface area (Å²) >= 11 is 0. The number of amides is 12. The van der Waals surface area contributed by atoms with Gasteiger partial charge in [0, 0.05) is 103 Å². The second-order valence-electron chi connectivity index (χ2n) is 31.3. The molecule has 2 bridgehead atoms. The maximum Gasteiger partial charge on any atom is 0.397 e. The molecule has 12 amide bonds. The highest BCUT2D eigenvalue weighted by Crippen LogP contribution is 2.46. The molecule has 34 heteroatoms. The zero-order valence-electron chi connectivity index (χ0n) is 64.1. The standard InChI is InChI=1S/C73H114F8N12O14/c1-13-42(3)60-68(103)87(7)41-58(96)89(9)52-22-17-18-32-92(67(52)102)55(36-43-23-26-46(27-24-43)72(76,77)78)66(101)86(6)40-56(94)82-50(28-25-44-34-48(74)59(49(75)35-44)73(79,80)81)64(99)93-39-47(107-14-2)37-53(93)63(98)84-71(30-19-31-71)70(105)91(11)61(45-20-15-16-21-45)69(104)90(10)54(65(100)85(4)5)38-57(95)88(8)51(29-33-106-12)62(97)83-60/h42-55,59-61H,13-41H2,1-12H3,(H,82,94)(H,83,97)(H,84,98)/t42-,43?,44?,46?,47+,48?,49?,50-,51-,52-,53-,54-,55-,59?,60-,61-/m0/s1. The van der Waals surface area contributed by atoms with Crippen LogP contribution in [0, 0.1) is 35.5 Å². The zero-order valence-corrected chi connectivity index (χ0v) is 64.1. The van der Waals surface area contributed by atoms with Gasteiger partial charge in [-0.15, -0.1) is 0 Å². The molecule has 3 saturated heterocycles. The van der Waals surface area contributed by atoms with Crippen LogP contribution >= 0.6 is 0 Å². The van der Waals surface area contributed by atoms with Crippen LogP contribution in [0.5, 0.6) is 0 Å². The molecule has 4 aliphatic carbocycles. The summed E-state index contributed by atoms with van der Waals surface area (Å²) in [5, 5.41) is 8.34. The van der Waals surface area contributed by atoms with Crippen molar-refractivity contribution in [3.8, 4) is 0 Å². The number of likely N-dealkylation sites (N-methyl/N-ethyl adjacent to an activating group) is 7. The van der Waals surface area contributed by atoms with Crippen molar-refractivity contribution in [3.05, 3.63) is 0 Å². The fourth-order valence-corrected chi connectivity index (χ4v) is 17.0. The molecular formula is C73H114F8N12O14. The van der Waals surface area contributed by atoms with E-state index in [-0.39, 0.29) is 103 Å². The van der Waals surface area contributed by atoms with Crippen LogP contribution in [0.1, 0.15) is 168 Å². The quantitative estimate of drug-likeness (QED) is 0.189. The first-order chi connectivity index (χ1) is 50.2. The van der Waals surface area contributed by atoms with Crippen LogP contribution in [0.4, 0.5) is 35.1 Å². The fourth-order valence-electron chi connectivity index (χ4n) is 17.0. The van der Waals surface area contributed by atoms with E-state index in [2.05, 4.69) is 16.0 Å². The van der Waals surface area contributed by atoms with E-state index in [1.54, 1.807) is 20.8 Å². The lowest BCUT2D eigenvalue weighted by atomic mass is 9.74. The van der Waals surface area contributed by atoms with Crippen molar-refractivity contribution < 1.29 is 102 Å². The van der Waals surface area contributed by atoms with E-state index in [9.17, 15) is 55.1 Å². The van der Waals surface area contributed by atoms with Gasteiger partial charge >= 0.3 is 12.4 Å². The van der Waals surface area contributed by atoms with Crippen molar-refractivity contribution in [3.63, 3.8) is 0 Å². The summed E-state index contributed by atoms with van der Waals surface area (Å²) in [4.78, 5) is 190. The number of hydrogen-bond donors (Lipinski definition) is 3. The molecule has 3 N–H and O–H groups in total. The molecule has 0 radical (unpaired) electrons. The summed E-state index contributed by atoms with van der Waals surface area (Å²) < 4.78 is 126. The summed E-state index contributed by atoms with van der Waals surface area (Å²) in [5.41, 5.74) is -1.70. The smallest absolute Gasteiger partial charge is 0.385 e. The van der Waals surface area contributed by atoms with Gasteiger partial charge in [0.2, 0.25) is 70.9 Å². The molecule has 7 rings (SSSR count). The Morgan fingerprint density at radius 2 is 1.23 bits per heavy atom. The number of halogens is 8. The van der Waals surface area contributed by atoms with Crippen LogP contribution in [0.3, 0.4) is 0 Å². The van der Waals surface area contributed by atoms with Crippen LogP contribution in [0.25, 0.3) is 0 Å². The number of nitrogens with zero attached hydrogens (tertiary/aromatic N) is 9. The second kappa shape index (κ2) is 37.6. The van der Waals surface area contributed by atoms with E-state index in [4.69, 9.17) is 9.47 Å². The molecule has 0 aromatic heterocycles. The Morgan fingerprint density at radius 3 is 1.79 bits per heavy atom. The minimum absolute atomic E-state index is 0.00438. The lowest BCUT2D eigenvalue weighted by Crippen LogP contribution is -2.68. The highest BCUT2D eigenvalue weighted by molar-refractivity contribution is 6.01. The molecule has 1 spiro atoms. The van der Waals surface area contributed by atoms with E-state index >= 15 is 37.5 Å². The second-order valence-corrected chi connectivity index (χ2v) is 31.3. The summed E-state index contributed by atoms with van der Waals surface area (Å²) in [6.45, 7) is 3.23. The van der Waals surface area contributed by atoms with Crippen molar-refractivity contribution in [2.24, 2.45) is 35.5 Å². The minimum atomic E-state index is -5.22. The molecule has 7 aliphatic rings. The zero-order chi connectivity index (χ0) is 79.5. The number of ether oxygens (including phenoxy) is 2. The molecular weight excluding hydrogens is 1420 g/mol. The highest BCUT2D eigenvalue weighted by atomic mass is 19.4. The average molecular weight is 1540 g/mol. The van der Waals surface area contributed by atoms with Crippen LogP contribution < -0.4 is 16.0 Å². The lowest BCUT2D eigenvalue weighted by molar-refractivity contribution is -0.219. The largest absolute Gasteiger partial charge is 0.397 e. The number of rotatable bonds is 14. The molecule has 107 heavy (non-hydrogen) atoms. The molecule has 4 saturated carbocycles. The van der Waals surface area contributed by atoms with Crippen LogP contribution in [0.2, 0.25) is 0 Å². The first kappa shape index (κ1) is 87.2. The summed E-state index contributed by atoms with van der Waals surface area (Å²) in [5.74, 6) is -16.9. The van der Waals surface area contributed by atoms with Gasteiger partial charge < -0.3 is 69.5 Å². The monoisotopic (exact) mass is 1530 g/mol. The van der Waals surface area contributed by atoms with Gasteiger partial charge in [0.05, 0.1) is 31.5 Å². The summed E-state index contributed by atoms with van der Waals surface area (Å²) in [7, 11) is 12.1. The normalized spacial score (nSPS) is 31.9. The third-order valence-corrected chi connectivity index (χ3v) is 23.9. The van der Waals surface area contributed by atoms with Gasteiger partial charge in [-0.1, -0.05) is 33.1 Å². The molecule has 0 aromatic rings. The molecule has 26 nitrogen and oxygen atoms in total. The van der Waals surface area contributed by atoms with Gasteiger partial charge in [0.25, 0.3) is 0 Å². The van der Waals surface area contributed by atoms with Crippen molar-refractivity contribution in [1.82, 2.24) is 60.0 Å². The van der Waals surface area contributed by atoms with Gasteiger partial charge in [0.15, 0.2) is 0 Å². The maximum absolute atomic E-state index is 15.5. The third kappa shape index (κ3) is 21.1. The number of hydrogen-bond acceptors (Lipinski definition) is 14. The van der Waals surface area contributed by atoms with Crippen LogP contribution in [0.15, 0.2) is 0 Å². The number of fused-ring (bicyclic) bond motifs is 3. The Labute approximate surface area is 622 Å². The maximum atomic E-state index is 15.5. The molecule has 2 unspecified atom stereocenters. The van der Waals surface area contributed by atoms with Gasteiger partial charge in [-0.3, -0.25) is 57.5 Å². The van der Waals surface area contributed by atoms with Crippen molar-refractivity contribution in [2.45, 2.75) is 253 Å². The van der Waals surface area contributed by atoms with E-state index in [0.717, 1.165) is 29.4 Å². The molecule has 0 aromatic carbocycles. The van der Waals surface area contributed by atoms with Gasteiger partial charge in [0.1, 0.15) is 72.1 Å². The molecule has 3 heterocycles. The van der Waals surface area contributed by atoms with Crippen molar-refractivity contribution in [2.75, 3.05) is 103 Å². The predicted molar refractivity (Wildman–Crippen MR) is 374 cm³/mol. The molecule has 12 atom stereocenters. The number of methoxy groups -OCH3 is 1. The van der Waals surface area contributed by atoms with Gasteiger partial charge in [-0.25, -0.2) is 8.78 Å². The van der Waals surface area contributed by atoms with Gasteiger partial charge in [-0.05, 0) is 140 Å². The van der Waals surface area contributed by atoms with Crippen LogP contribution in [-0.4, -0.2) is 303 Å².